The topological polar surface area (TPSA) is 63.3 Å². The average molecular weight is 92.1 g/mol. The Morgan fingerprint density at radius 3 is 2.17 bits per heavy atom. The van der Waals surface area contributed by atoms with Gasteiger partial charge in [0.1, 0.15) is 6.04 Å². The quantitative estimate of drug-likeness (QED) is 0.425. The third-order valence-electron chi connectivity index (χ3n) is 0.390. The van der Waals surface area contributed by atoms with Crippen molar-refractivity contribution in [1.82, 2.24) is 0 Å². The zero-order valence-electron chi connectivity index (χ0n) is 3.51. The van der Waals surface area contributed by atoms with Crippen molar-refractivity contribution in [2.45, 2.75) is 13.0 Å². The molecule has 0 amide bonds. The lowest BCUT2D eigenvalue weighted by atomic mass is 11.3. The second-order valence-electron chi connectivity index (χ2n) is 1.13. The molecule has 0 aliphatic rings. The van der Waals surface area contributed by atoms with Crippen molar-refractivity contribution in [3.63, 3.8) is 0 Å². The van der Waals surface area contributed by atoms with Crippen LogP contribution >= 0.6 is 0 Å². The Hall–Kier alpha value is -0.570. The number of nitrogens with two attached hydrogens (primary N) is 1. The molecule has 0 rings (SSSR count). The lowest BCUT2D eigenvalue weighted by molar-refractivity contribution is -0.138. The van der Waals surface area contributed by atoms with Crippen LogP contribution in [0.15, 0.2) is 0 Å². The van der Waals surface area contributed by atoms with Gasteiger partial charge in [-0.3, -0.25) is 4.79 Å². The number of carbonyl (C=O) groups is 1. The van der Waals surface area contributed by atoms with Gasteiger partial charge in [0.25, 0.3) is 0 Å². The highest BCUT2D eigenvalue weighted by Crippen LogP contribution is 1.68. The number of carboxylic acid groups (broad SMARTS) is 1. The minimum absolute atomic E-state index is 0.731. The van der Waals surface area contributed by atoms with Gasteiger partial charge in [-0.2, -0.15) is 0 Å². The summed E-state index contributed by atoms with van der Waals surface area (Å²) >= 11 is 0. The van der Waals surface area contributed by atoms with Crippen LogP contribution in [0.1, 0.15) is 6.92 Å². The Kier molecular flexibility index (Phi) is 1.60. The molecule has 3 nitrogen and oxygen atoms in total. The summed E-state index contributed by atoms with van der Waals surface area (Å²) in [6.07, 6.45) is 0. The standard InChI is InChI=1S/C3H7NO2/c1-2(4)3(5)6/h2H,4H2,1H3,(H,5,6)/i1+1,2+1,3+1. The molecule has 6 heavy (non-hydrogen) atoms. The van der Waals surface area contributed by atoms with Gasteiger partial charge in [0, 0.05) is 0 Å². The lowest BCUT2D eigenvalue weighted by Gasteiger charge is -1.90. The fourth-order valence-corrected chi connectivity index (χ4v) is 0. The highest BCUT2D eigenvalue weighted by Gasteiger charge is 1.99. The molecule has 0 fully saturated rings. The minimum atomic E-state index is -0.963. The van der Waals surface area contributed by atoms with Gasteiger partial charge in [0.15, 0.2) is 0 Å². The van der Waals surface area contributed by atoms with E-state index < -0.39 is 12.0 Å². The van der Waals surface area contributed by atoms with E-state index in [2.05, 4.69) is 0 Å². The van der Waals surface area contributed by atoms with E-state index in [9.17, 15) is 4.79 Å². The summed E-state index contributed by atoms with van der Waals surface area (Å²) in [7, 11) is 0. The zero-order chi connectivity index (χ0) is 5.15. The van der Waals surface area contributed by atoms with Gasteiger partial charge in [0.05, 0.1) is 0 Å². The van der Waals surface area contributed by atoms with E-state index in [1.807, 2.05) is 0 Å². The van der Waals surface area contributed by atoms with Gasteiger partial charge in [0.2, 0.25) is 0 Å². The van der Waals surface area contributed by atoms with Crippen LogP contribution in [0.25, 0.3) is 0 Å². The van der Waals surface area contributed by atoms with Gasteiger partial charge in [-0.25, -0.2) is 0 Å². The molecule has 0 aromatic carbocycles. The SMILES string of the molecule is [13CH3][13CH](N)[13C](=O)O. The predicted octanol–water partition coefficient (Wildman–Crippen LogP) is -0.582. The van der Waals surface area contributed by atoms with Crippen LogP contribution in [-0.4, -0.2) is 17.1 Å². The molecule has 3 N–H and O–H groups in total. The molecule has 0 saturated carbocycles. The van der Waals surface area contributed by atoms with E-state index in [1.54, 1.807) is 0 Å². The van der Waals surface area contributed by atoms with Gasteiger partial charge in [-0.05, 0) is 6.92 Å². The van der Waals surface area contributed by atoms with Crippen molar-refractivity contribution < 1.29 is 9.90 Å². The molecule has 1 unspecified atom stereocenters. The summed E-state index contributed by atoms with van der Waals surface area (Å²) in [6.45, 7) is 1.42. The molecule has 0 aromatic heterocycles. The van der Waals surface area contributed by atoms with Gasteiger partial charge >= 0.3 is 5.97 Å². The van der Waals surface area contributed by atoms with Crippen LogP contribution < -0.4 is 5.73 Å². The largest absolute Gasteiger partial charge is 0.480 e. The second-order valence-corrected chi connectivity index (χ2v) is 1.13. The Morgan fingerprint density at radius 2 is 2.17 bits per heavy atom. The molecule has 0 saturated heterocycles. The van der Waals surface area contributed by atoms with Gasteiger partial charge < -0.3 is 10.8 Å². The van der Waals surface area contributed by atoms with Crippen molar-refractivity contribution in [1.29, 1.82) is 0 Å². The van der Waals surface area contributed by atoms with Crippen molar-refractivity contribution in [3.8, 4) is 0 Å². The van der Waals surface area contributed by atoms with Crippen molar-refractivity contribution >= 4 is 5.97 Å². The molecule has 0 aromatic rings. The molecule has 0 heterocycles. The monoisotopic (exact) mass is 92.1 g/mol. The molecule has 0 aliphatic heterocycles. The molecule has 0 spiro atoms. The van der Waals surface area contributed by atoms with E-state index in [0.717, 1.165) is 0 Å². The number of carboxylic acids is 1. The maximum absolute atomic E-state index is 9.57. The van der Waals surface area contributed by atoms with Crippen LogP contribution in [-0.2, 0) is 4.79 Å². The van der Waals surface area contributed by atoms with Crippen molar-refractivity contribution in [2.75, 3.05) is 0 Å². The number of aliphatic carboxylic acids is 1. The molecule has 36 valence electrons. The summed E-state index contributed by atoms with van der Waals surface area (Å²) in [5.41, 5.74) is 4.84. The molecule has 1 atom stereocenters. The number of hydrogen-bond donors (Lipinski definition) is 2. The first-order chi connectivity index (χ1) is 2.64. The minimum Gasteiger partial charge on any atom is -0.480 e. The van der Waals surface area contributed by atoms with Crippen LogP contribution in [0.3, 0.4) is 0 Å². The molecular weight excluding hydrogens is 85.0 g/mol. The molecule has 3 heteroatoms. The Bertz CT molecular complexity index is 59.8. The Morgan fingerprint density at radius 1 is 2.00 bits per heavy atom. The summed E-state index contributed by atoms with van der Waals surface area (Å²) in [5.74, 6) is -0.963. The van der Waals surface area contributed by atoms with Crippen LogP contribution in [0.5, 0.6) is 0 Å². The Labute approximate surface area is 35.8 Å². The summed E-state index contributed by atoms with van der Waals surface area (Å²) in [5, 5.41) is 7.87. The second kappa shape index (κ2) is 1.77. The van der Waals surface area contributed by atoms with Crippen molar-refractivity contribution in [3.05, 3.63) is 0 Å². The van der Waals surface area contributed by atoms with Crippen LogP contribution in [0, 0.1) is 0 Å². The third kappa shape index (κ3) is 1.72. The third-order valence-corrected chi connectivity index (χ3v) is 0.390. The average Bonchev–Trinajstić information content (AvgIpc) is 1.36. The zero-order valence-corrected chi connectivity index (χ0v) is 3.51. The molecule has 0 radical (unpaired) electrons. The first kappa shape index (κ1) is 5.43. The maximum atomic E-state index is 9.57. The Balaban J connectivity index is 3.26. The maximum Gasteiger partial charge on any atom is 0.320 e. The summed E-state index contributed by atoms with van der Waals surface area (Å²) < 4.78 is 0. The van der Waals surface area contributed by atoms with E-state index in [4.69, 9.17) is 10.8 Å². The highest BCUT2D eigenvalue weighted by atomic mass is 16.5. The normalized spacial score (nSPS) is 13.7. The van der Waals surface area contributed by atoms with Gasteiger partial charge in [-0.15, -0.1) is 0 Å². The smallest absolute Gasteiger partial charge is 0.320 e. The molecule has 0 bridgehead atoms. The van der Waals surface area contributed by atoms with Gasteiger partial charge in [-0.1, -0.05) is 0 Å². The van der Waals surface area contributed by atoms with E-state index in [1.165, 1.54) is 6.92 Å². The van der Waals surface area contributed by atoms with Crippen LogP contribution in [0.2, 0.25) is 0 Å². The van der Waals surface area contributed by atoms with E-state index >= 15 is 0 Å². The first-order valence-electron chi connectivity index (χ1n) is 1.63. The van der Waals surface area contributed by atoms with E-state index in [0.29, 0.717) is 0 Å². The fraction of sp³-hybridized carbons (Fsp3) is 0.667. The number of hydrogen-bond acceptors (Lipinski definition) is 2. The lowest BCUT2D eigenvalue weighted by Crippen LogP contribution is -2.25. The molecular formula is C3H7NO2. The van der Waals surface area contributed by atoms with E-state index in [-0.39, 0.29) is 0 Å². The fourth-order valence-electron chi connectivity index (χ4n) is 0. The highest BCUT2D eigenvalue weighted by molar-refractivity contribution is 5.72. The summed E-state index contributed by atoms with van der Waals surface area (Å²) in [6, 6.07) is -0.731. The number of rotatable bonds is 1. The predicted molar refractivity (Wildman–Crippen MR) is 21.3 cm³/mol. The van der Waals surface area contributed by atoms with Crippen LogP contribution in [0.4, 0.5) is 0 Å². The summed E-state index contributed by atoms with van der Waals surface area (Å²) in [4.78, 5) is 9.57. The first-order valence-corrected chi connectivity index (χ1v) is 1.63. The van der Waals surface area contributed by atoms with Crippen molar-refractivity contribution in [2.24, 2.45) is 5.73 Å². The molecule has 0 aliphatic carbocycles.